The third kappa shape index (κ3) is 5.25. The van der Waals surface area contributed by atoms with Crippen molar-refractivity contribution in [1.82, 2.24) is 9.88 Å². The van der Waals surface area contributed by atoms with Crippen molar-refractivity contribution < 1.29 is 9.72 Å². The van der Waals surface area contributed by atoms with Gasteiger partial charge in [0.1, 0.15) is 0 Å². The van der Waals surface area contributed by atoms with Gasteiger partial charge in [0.25, 0.3) is 5.69 Å². The number of nitro benzene ring substituents is 1. The Kier molecular flexibility index (Phi) is 6.37. The van der Waals surface area contributed by atoms with Crippen LogP contribution in [0, 0.1) is 21.4 Å². The predicted molar refractivity (Wildman–Crippen MR) is 92.0 cm³/mol. The highest BCUT2D eigenvalue weighted by molar-refractivity contribution is 5.92. The summed E-state index contributed by atoms with van der Waals surface area (Å²) in [5.74, 6) is -0.334. The normalized spacial score (nSPS) is 10.4. The van der Waals surface area contributed by atoms with Crippen LogP contribution in [0.2, 0.25) is 0 Å². The number of hydrogen-bond donors (Lipinski definition) is 0. The summed E-state index contributed by atoms with van der Waals surface area (Å²) in [5, 5.41) is 19.8. The largest absolute Gasteiger partial charge is 0.332 e. The molecule has 0 aliphatic rings. The number of aromatic nitrogens is 1. The zero-order chi connectivity index (χ0) is 18.1. The van der Waals surface area contributed by atoms with Gasteiger partial charge in [0.15, 0.2) is 0 Å². The van der Waals surface area contributed by atoms with Gasteiger partial charge in [-0.15, -0.1) is 0 Å². The van der Waals surface area contributed by atoms with Gasteiger partial charge in [0, 0.05) is 24.9 Å². The Morgan fingerprint density at radius 2 is 2.04 bits per heavy atom. The third-order valence-electron chi connectivity index (χ3n) is 3.42. The number of amides is 1. The Bertz CT molecular complexity index is 813. The van der Waals surface area contributed by atoms with Crippen LogP contribution >= 0.6 is 0 Å². The molecule has 7 nitrogen and oxygen atoms in total. The first-order valence-electron chi connectivity index (χ1n) is 7.59. The van der Waals surface area contributed by atoms with Crippen molar-refractivity contribution in [2.45, 2.75) is 13.0 Å². The Morgan fingerprint density at radius 1 is 1.28 bits per heavy atom. The van der Waals surface area contributed by atoms with Gasteiger partial charge < -0.3 is 4.90 Å². The number of rotatable bonds is 7. The second kappa shape index (κ2) is 8.93. The van der Waals surface area contributed by atoms with Crippen molar-refractivity contribution in [2.24, 2.45) is 0 Å². The van der Waals surface area contributed by atoms with Crippen LogP contribution in [0.4, 0.5) is 5.69 Å². The fraction of sp³-hybridized carbons (Fsp3) is 0.167. The lowest BCUT2D eigenvalue weighted by molar-refractivity contribution is -0.385. The highest BCUT2D eigenvalue weighted by atomic mass is 16.6. The second-order valence-electron chi connectivity index (χ2n) is 5.14. The minimum Gasteiger partial charge on any atom is -0.332 e. The molecule has 0 bridgehead atoms. The summed E-state index contributed by atoms with van der Waals surface area (Å²) in [5.41, 5.74) is 0.978. The summed E-state index contributed by atoms with van der Waals surface area (Å²) >= 11 is 0. The van der Waals surface area contributed by atoms with Crippen molar-refractivity contribution in [3.05, 3.63) is 76.1 Å². The van der Waals surface area contributed by atoms with E-state index in [9.17, 15) is 14.9 Å². The lowest BCUT2D eigenvalue weighted by atomic mass is 10.1. The van der Waals surface area contributed by atoms with E-state index in [1.165, 1.54) is 23.1 Å². The average molecular weight is 336 g/mol. The number of pyridine rings is 1. The molecular formula is C18H16N4O3. The van der Waals surface area contributed by atoms with Crippen molar-refractivity contribution in [3.8, 4) is 6.07 Å². The minimum absolute atomic E-state index is 0.0696. The SMILES string of the molecule is N#CCCN(Cc1ccccn1)C(=O)/C=C/c1ccccc1[N+](=O)[O-]. The van der Waals surface area contributed by atoms with Gasteiger partial charge in [-0.1, -0.05) is 18.2 Å². The van der Waals surface area contributed by atoms with E-state index >= 15 is 0 Å². The molecule has 0 fully saturated rings. The highest BCUT2D eigenvalue weighted by Crippen LogP contribution is 2.19. The maximum Gasteiger partial charge on any atom is 0.276 e. The zero-order valence-corrected chi connectivity index (χ0v) is 13.4. The first kappa shape index (κ1) is 17.8. The fourth-order valence-corrected chi connectivity index (χ4v) is 2.20. The van der Waals surface area contributed by atoms with E-state index < -0.39 is 4.92 Å². The first-order valence-corrected chi connectivity index (χ1v) is 7.59. The molecule has 0 unspecified atom stereocenters. The van der Waals surface area contributed by atoms with Crippen LogP contribution in [0.15, 0.2) is 54.7 Å². The second-order valence-corrected chi connectivity index (χ2v) is 5.14. The summed E-state index contributed by atoms with van der Waals surface area (Å²) in [6.45, 7) is 0.524. The number of carbonyl (C=O) groups is 1. The molecule has 25 heavy (non-hydrogen) atoms. The van der Waals surface area contributed by atoms with Crippen LogP contribution in [0.25, 0.3) is 6.08 Å². The number of nitrogens with zero attached hydrogens (tertiary/aromatic N) is 4. The summed E-state index contributed by atoms with van der Waals surface area (Å²) in [7, 11) is 0. The molecule has 2 rings (SSSR count). The van der Waals surface area contributed by atoms with Gasteiger partial charge in [-0.25, -0.2) is 0 Å². The fourth-order valence-electron chi connectivity index (χ4n) is 2.20. The van der Waals surface area contributed by atoms with E-state index in [-0.39, 0.29) is 31.1 Å². The zero-order valence-electron chi connectivity index (χ0n) is 13.4. The van der Waals surface area contributed by atoms with Crippen molar-refractivity contribution in [1.29, 1.82) is 5.26 Å². The molecule has 0 aliphatic heterocycles. The maximum absolute atomic E-state index is 12.4. The smallest absolute Gasteiger partial charge is 0.276 e. The minimum atomic E-state index is -0.495. The van der Waals surface area contributed by atoms with Gasteiger partial charge >= 0.3 is 0 Å². The molecule has 0 atom stereocenters. The number of para-hydroxylation sites is 1. The molecule has 0 N–H and O–H groups in total. The van der Waals surface area contributed by atoms with Crippen LogP contribution in [0.3, 0.4) is 0 Å². The number of nitro groups is 1. The lowest BCUT2D eigenvalue weighted by Gasteiger charge is -2.19. The van der Waals surface area contributed by atoms with Crippen LogP contribution in [-0.2, 0) is 11.3 Å². The predicted octanol–water partition coefficient (Wildman–Crippen LogP) is 2.95. The van der Waals surface area contributed by atoms with Gasteiger partial charge in [-0.3, -0.25) is 19.9 Å². The summed E-state index contributed by atoms with van der Waals surface area (Å²) in [4.78, 5) is 28.6. The molecule has 0 aliphatic carbocycles. The number of benzene rings is 1. The topological polar surface area (TPSA) is 100 Å². The third-order valence-corrected chi connectivity index (χ3v) is 3.42. The van der Waals surface area contributed by atoms with Gasteiger partial charge in [-0.2, -0.15) is 5.26 Å². The van der Waals surface area contributed by atoms with Crippen LogP contribution < -0.4 is 0 Å². The summed E-state index contributed by atoms with van der Waals surface area (Å²) < 4.78 is 0. The molecule has 126 valence electrons. The van der Waals surface area contributed by atoms with Crippen LogP contribution in [-0.4, -0.2) is 27.3 Å². The summed E-state index contributed by atoms with van der Waals surface area (Å²) in [6.07, 6.45) is 4.52. The Balaban J connectivity index is 2.16. The van der Waals surface area contributed by atoms with Crippen molar-refractivity contribution >= 4 is 17.7 Å². The van der Waals surface area contributed by atoms with Gasteiger partial charge in [0.05, 0.1) is 35.2 Å². The molecule has 7 heteroatoms. The number of hydrogen-bond acceptors (Lipinski definition) is 5. The molecule has 2 aromatic rings. The van der Waals surface area contributed by atoms with Gasteiger partial charge in [-0.05, 0) is 24.3 Å². The quantitative estimate of drug-likeness (QED) is 0.439. The molecule has 1 aromatic carbocycles. The Morgan fingerprint density at radius 3 is 2.72 bits per heavy atom. The van der Waals surface area contributed by atoms with Gasteiger partial charge in [0.2, 0.25) is 5.91 Å². The molecule has 1 amide bonds. The van der Waals surface area contributed by atoms with E-state index in [0.717, 1.165) is 0 Å². The molecule has 0 radical (unpaired) electrons. The number of nitriles is 1. The molecular weight excluding hydrogens is 320 g/mol. The van der Waals surface area contributed by atoms with E-state index in [1.807, 2.05) is 12.1 Å². The average Bonchev–Trinajstić information content (AvgIpc) is 2.64. The van der Waals surface area contributed by atoms with E-state index in [4.69, 9.17) is 5.26 Å². The van der Waals surface area contributed by atoms with Crippen molar-refractivity contribution in [2.75, 3.05) is 6.54 Å². The molecule has 0 spiro atoms. The maximum atomic E-state index is 12.4. The standard InChI is InChI=1S/C18H16N4O3/c19-11-5-13-21(14-16-7-3-4-12-20-16)18(23)10-9-15-6-1-2-8-17(15)22(24)25/h1-4,6-10,12H,5,13-14H2/b10-9+. The molecule has 0 saturated carbocycles. The Labute approximate surface area is 145 Å². The summed E-state index contributed by atoms with van der Waals surface area (Å²) in [6, 6.07) is 13.6. The Hall–Kier alpha value is -3.53. The van der Waals surface area contributed by atoms with Crippen LogP contribution in [0.5, 0.6) is 0 Å². The molecule has 1 aromatic heterocycles. The van der Waals surface area contributed by atoms with E-state index in [0.29, 0.717) is 11.3 Å². The highest BCUT2D eigenvalue weighted by Gasteiger charge is 2.14. The van der Waals surface area contributed by atoms with E-state index in [1.54, 1.807) is 36.5 Å². The van der Waals surface area contributed by atoms with Crippen molar-refractivity contribution in [3.63, 3.8) is 0 Å². The van der Waals surface area contributed by atoms with Crippen LogP contribution in [0.1, 0.15) is 17.7 Å². The lowest BCUT2D eigenvalue weighted by Crippen LogP contribution is -2.30. The van der Waals surface area contributed by atoms with E-state index in [2.05, 4.69) is 4.98 Å². The number of carbonyl (C=O) groups excluding carboxylic acids is 1. The molecule has 0 saturated heterocycles. The monoisotopic (exact) mass is 336 g/mol. The first-order chi connectivity index (χ1) is 12.1. The molecule has 1 heterocycles.